The Bertz CT molecular complexity index is 2340. The van der Waals surface area contributed by atoms with Gasteiger partial charge < -0.3 is 40.9 Å². The molecule has 0 heterocycles. The summed E-state index contributed by atoms with van der Waals surface area (Å²) in [6.07, 6.45) is -30.5. The monoisotopic (exact) mass is 1590 g/mol. The van der Waals surface area contributed by atoms with E-state index in [1.165, 1.54) is 42.1 Å². The van der Waals surface area contributed by atoms with Gasteiger partial charge in [0.15, 0.2) is 25.2 Å². The average Bonchev–Trinajstić information content (AvgIpc) is 0.777. The largest absolute Gasteiger partial charge is 0.424 e. The van der Waals surface area contributed by atoms with E-state index in [9.17, 15) is 93.2 Å². The summed E-state index contributed by atoms with van der Waals surface area (Å²) in [7, 11) is -17.7. The Kier molecular flexibility index (Phi) is 52.7. The lowest BCUT2D eigenvalue weighted by Crippen LogP contribution is -2.45. The fraction of sp³-hybridized carbons (Fsp3) is 1.00. The maximum Gasteiger partial charge on any atom is 0.424 e. The van der Waals surface area contributed by atoms with Gasteiger partial charge >= 0.3 is 76.5 Å². The molecule has 0 N–H and O–H groups in total. The van der Waals surface area contributed by atoms with Crippen molar-refractivity contribution < 1.29 is 152 Å². The van der Waals surface area contributed by atoms with E-state index in [0.29, 0.717) is 26.4 Å². The zero-order valence-corrected chi connectivity index (χ0v) is 66.9. The second kappa shape index (κ2) is 45.5. The molecule has 0 aliphatic carbocycles. The summed E-state index contributed by atoms with van der Waals surface area (Å²) in [5, 5.41) is -4.91. The van der Waals surface area contributed by atoms with Gasteiger partial charge in [0.1, 0.15) is 0 Å². The second-order valence-electron chi connectivity index (χ2n) is 27.4. The maximum atomic E-state index is 12.5. The number of rotatable bonds is 28. The Balaban J connectivity index is -0.000000167. The van der Waals surface area contributed by atoms with Gasteiger partial charge in [0, 0.05) is 21.3 Å². The maximum absolute atomic E-state index is 12.5. The number of halogens is 15. The number of hydrogen-bond acceptors (Lipinski definition) is 19. The quantitative estimate of drug-likeness (QED) is 0.0403. The van der Waals surface area contributed by atoms with Crippen LogP contribution in [-0.2, 0) is 86.4 Å². The van der Waals surface area contributed by atoms with Crippen LogP contribution in [0, 0.1) is 5.41 Å². The molecule has 3 unspecified atom stereocenters. The van der Waals surface area contributed by atoms with Crippen molar-refractivity contribution in [3.8, 4) is 0 Å². The molecule has 0 aromatic rings. The topological polar surface area (TPSA) is 222 Å². The average molecular weight is 1600 g/mol. The SMILES string of the molecule is C.C.CC(C)(C)P(=O)(OCC(F)(F)F)OCC(F)(F)F.CC(C)OP(=O)(OC(C)C)C(C)(C)C.CC(OP(=O)(OC(C(F)(F)F)C(F)(F)F)C(C)(C)C)C(F)(F)F.CCCCOP(=O)(OCCCC)C(C)(C)C.CCOP(=O)(OCC)C(OC)C(C)(C)C.COP(=O)(OC)C(C)(C)C. The number of unbranched alkanes of at least 4 members (excludes halogenated alkanes) is 2. The third-order valence-electron chi connectivity index (χ3n) is 11.1. The lowest BCUT2D eigenvalue weighted by Gasteiger charge is -2.35. The highest BCUT2D eigenvalue weighted by atomic mass is 31.2. The summed E-state index contributed by atoms with van der Waals surface area (Å²) >= 11 is 0. The minimum Gasteiger partial charge on any atom is -0.368 e. The standard InChI is InChI=1S/C12H27O3P.C10H14F9O3P.C10H23O4P.C10H23O3P.C8H13F6O3P.C6H15O3P.2CH4/c1-6-8-10-14-16(13,12(3,4)5)15-11-9-7-2;1-5(8(11,12)13)21-23(20,7(2,3)4)22-6(9(14,15)16)10(17,18)19;1-7-13-15(11,14-8-2)9(12-6)10(3,4)5;1-8(2)12-14(11,10(5,6)7)13-9(3)4;1-6(2,3)18(15,16-4-7(9,10)11)17-5-8(12,13)14;1-6(2,3)10(7,8-4)9-5;;/h6-11H2,1-5H3;5-6H,1-4H3;9H,7-8H2,1-6H3;8-9H,1-7H3;4-5H2,1-3H3;1-5H3;2*1H4. The molecule has 0 saturated heterocycles. The van der Waals surface area contributed by atoms with Crippen molar-refractivity contribution in [2.24, 2.45) is 5.41 Å². The molecule has 0 radical (unpaired) electrons. The summed E-state index contributed by atoms with van der Waals surface area (Å²) in [6, 6.07) is 0. The van der Waals surface area contributed by atoms with E-state index < -0.39 is 134 Å². The summed E-state index contributed by atoms with van der Waals surface area (Å²) in [6.45, 7) is 42.1. The first-order valence-electron chi connectivity index (χ1n) is 30.2. The normalized spacial score (nSPS) is 15.1. The molecule has 0 fully saturated rings. The minimum atomic E-state index is -6.04. The van der Waals surface area contributed by atoms with Crippen LogP contribution in [0.15, 0.2) is 0 Å². The van der Waals surface area contributed by atoms with Crippen molar-refractivity contribution in [1.29, 1.82) is 0 Å². The molecule has 0 aliphatic heterocycles. The van der Waals surface area contributed by atoms with E-state index in [1.54, 1.807) is 13.8 Å². The second-order valence-corrected chi connectivity index (χ2v) is 43.7. The van der Waals surface area contributed by atoms with E-state index in [4.69, 9.17) is 40.9 Å². The van der Waals surface area contributed by atoms with Crippen LogP contribution in [0.2, 0.25) is 0 Å². The number of hydrogen-bond donors (Lipinski definition) is 0. The van der Waals surface area contributed by atoms with Crippen molar-refractivity contribution in [1.82, 2.24) is 0 Å². The van der Waals surface area contributed by atoms with E-state index in [0.717, 1.165) is 46.5 Å². The Hall–Kier alpha value is -0.190. The number of alkyl halides is 15. The first kappa shape index (κ1) is 114. The Morgan fingerprint density at radius 1 is 0.347 bits per heavy atom. The third-order valence-corrected chi connectivity index (χ3v) is 27.5. The van der Waals surface area contributed by atoms with E-state index in [1.807, 2.05) is 111 Å². The zero-order valence-electron chi connectivity index (χ0n) is 61.6. The molecular formula is C58H123F15O19P6. The van der Waals surface area contributed by atoms with Crippen molar-refractivity contribution in [3.63, 3.8) is 0 Å². The van der Waals surface area contributed by atoms with Crippen LogP contribution in [0.25, 0.3) is 0 Å². The predicted octanol–water partition coefficient (Wildman–Crippen LogP) is 24.8. The van der Waals surface area contributed by atoms with Crippen LogP contribution in [0.4, 0.5) is 65.9 Å². The van der Waals surface area contributed by atoms with Crippen molar-refractivity contribution in [2.75, 3.05) is 61.0 Å². The molecule has 0 aliphatic rings. The van der Waals surface area contributed by atoms with Crippen molar-refractivity contribution >= 4 is 45.6 Å². The highest BCUT2D eigenvalue weighted by Crippen LogP contribution is 2.66. The molecule has 3 atom stereocenters. The molecule has 0 saturated carbocycles. The molecule has 604 valence electrons. The fourth-order valence-corrected chi connectivity index (χ4v) is 16.0. The van der Waals surface area contributed by atoms with Crippen LogP contribution < -0.4 is 0 Å². The Morgan fingerprint density at radius 3 is 0.786 bits per heavy atom. The lowest BCUT2D eigenvalue weighted by molar-refractivity contribution is -0.303. The molecule has 0 rings (SSSR count). The van der Waals surface area contributed by atoms with Crippen LogP contribution in [0.5, 0.6) is 0 Å². The Morgan fingerprint density at radius 2 is 0.612 bits per heavy atom. The highest BCUT2D eigenvalue weighted by molar-refractivity contribution is 7.57. The molecule has 0 spiro atoms. The van der Waals surface area contributed by atoms with Crippen molar-refractivity contribution in [3.05, 3.63) is 0 Å². The number of methoxy groups -OCH3 is 1. The first-order chi connectivity index (χ1) is 42.0. The van der Waals surface area contributed by atoms with E-state index in [2.05, 4.69) is 31.9 Å². The van der Waals surface area contributed by atoms with Gasteiger partial charge in [-0.05, 0) is 171 Å². The summed E-state index contributed by atoms with van der Waals surface area (Å²) in [5.41, 5.74) is -0.283. The molecule has 0 aromatic carbocycles. The van der Waals surface area contributed by atoms with Crippen molar-refractivity contribution in [2.45, 2.75) is 314 Å². The predicted molar refractivity (Wildman–Crippen MR) is 357 cm³/mol. The van der Waals surface area contributed by atoms with Gasteiger partial charge in [0.25, 0.3) is 6.10 Å². The van der Waals surface area contributed by atoms with Gasteiger partial charge in [0.05, 0.1) is 64.4 Å². The lowest BCUT2D eigenvalue weighted by atomic mass is 9.98. The zero-order chi connectivity index (χ0) is 78.7. The van der Waals surface area contributed by atoms with Gasteiger partial charge in [-0.15, -0.1) is 0 Å². The van der Waals surface area contributed by atoms with E-state index in [-0.39, 0.29) is 39.4 Å². The van der Waals surface area contributed by atoms with Gasteiger partial charge in [-0.3, -0.25) is 45.5 Å². The smallest absolute Gasteiger partial charge is 0.368 e. The molecule has 0 bridgehead atoms. The molecule has 40 heteroatoms. The minimum absolute atomic E-state index is 0. The van der Waals surface area contributed by atoms with Crippen LogP contribution >= 0.6 is 45.6 Å². The van der Waals surface area contributed by atoms with E-state index >= 15 is 0 Å². The van der Waals surface area contributed by atoms with Gasteiger partial charge in [0.2, 0.25) is 0 Å². The summed E-state index contributed by atoms with van der Waals surface area (Å²) in [5.74, 6) is -0.537. The van der Waals surface area contributed by atoms with Crippen LogP contribution in [0.1, 0.15) is 227 Å². The first-order valence-corrected chi connectivity index (χ1v) is 39.5. The molecular weight excluding hydrogens is 1470 g/mol. The summed E-state index contributed by atoms with van der Waals surface area (Å²) in [4.78, 5) is 0. The highest BCUT2D eigenvalue weighted by Gasteiger charge is 2.63. The van der Waals surface area contributed by atoms with Gasteiger partial charge in [-0.25, -0.2) is 0 Å². The third kappa shape index (κ3) is 46.0. The Labute approximate surface area is 576 Å². The molecule has 98 heavy (non-hydrogen) atoms. The molecule has 19 nitrogen and oxygen atoms in total. The fourth-order valence-electron chi connectivity index (χ4n) is 5.88. The van der Waals surface area contributed by atoms with Gasteiger partial charge in [-0.2, -0.15) is 65.9 Å². The van der Waals surface area contributed by atoms with Crippen LogP contribution in [-0.4, -0.2) is 148 Å². The van der Waals surface area contributed by atoms with Crippen LogP contribution in [0.3, 0.4) is 0 Å². The summed E-state index contributed by atoms with van der Waals surface area (Å²) < 4.78 is 320. The van der Waals surface area contributed by atoms with Gasteiger partial charge in [-0.1, -0.05) is 62.3 Å². The molecule has 0 aromatic heterocycles. The number of ether oxygens (including phenoxy) is 1. The molecule has 0 amide bonds.